The Labute approximate surface area is 380 Å². The molecule has 0 bridgehead atoms. The van der Waals surface area contributed by atoms with Crippen LogP contribution in [-0.4, -0.2) is 96.3 Å². The van der Waals surface area contributed by atoms with Gasteiger partial charge in [0.1, 0.15) is 17.7 Å². The molecule has 66 heavy (non-hydrogen) atoms. The Morgan fingerprint density at radius 1 is 0.848 bits per heavy atom. The van der Waals surface area contributed by atoms with Gasteiger partial charge in [0.25, 0.3) is 11.8 Å². The molecule has 5 aromatic rings. The minimum Gasteiger partial charge on any atom is -0.474 e. The molecule has 0 aliphatic carbocycles. The van der Waals surface area contributed by atoms with Gasteiger partial charge in [-0.2, -0.15) is 4.98 Å². The van der Waals surface area contributed by atoms with Crippen LogP contribution < -0.4 is 30.9 Å². The average molecular weight is 896 g/mol. The molecule has 2 aromatic carbocycles. The number of nitrogens with zero attached hydrogens (tertiary/aromatic N) is 7. The van der Waals surface area contributed by atoms with Crippen LogP contribution in [0.5, 0.6) is 5.75 Å². The van der Waals surface area contributed by atoms with Crippen molar-refractivity contribution in [2.45, 2.75) is 88.6 Å². The fourth-order valence-corrected chi connectivity index (χ4v) is 9.51. The number of hydrogen-bond donors (Lipinski definition) is 5. The molecule has 10 rings (SSSR count). The molecular weight excluding hydrogens is 846 g/mol. The van der Waals surface area contributed by atoms with Gasteiger partial charge in [-0.3, -0.25) is 29.4 Å². The highest BCUT2D eigenvalue weighted by Crippen LogP contribution is 2.38. The molecule has 17 nitrogen and oxygen atoms in total. The van der Waals surface area contributed by atoms with E-state index >= 15 is 0 Å². The molecule has 3 saturated heterocycles. The van der Waals surface area contributed by atoms with Crippen LogP contribution in [0.25, 0.3) is 0 Å². The molecule has 0 radical (unpaired) electrons. The standard InChI is InChI=1S/C48H50FN11O6/c1-47(2)45(64)56-42-37(66-47)11-13-39(53-42)52-41-35(49)25-51-46(57-41)54-38-12-5-30(24-50-38)29-15-19-59(20-16-29)33-7-3-28(4-8-33)26-58-21-17-48(65,18-22-58)32-6-9-34-31(23-32)27-60(44(34)63)36-10-14-40(61)55-43(36)62/h3-9,11-13,23-25,29,36,65H,10,14-22,26-27H2,1-2H3,(H,55,61,62)(H3,50,51,52,53,54,56,57,64). The Hall–Kier alpha value is -7.05. The van der Waals surface area contributed by atoms with Crippen LogP contribution in [0.2, 0.25) is 0 Å². The first-order chi connectivity index (χ1) is 31.8. The van der Waals surface area contributed by atoms with E-state index in [1.807, 2.05) is 24.4 Å². The highest BCUT2D eigenvalue weighted by atomic mass is 19.1. The molecule has 5 aliphatic heterocycles. The molecule has 1 atom stereocenters. The van der Waals surface area contributed by atoms with E-state index in [1.54, 1.807) is 32.0 Å². The number of piperidine rings is 3. The van der Waals surface area contributed by atoms with Crippen LogP contribution in [-0.2, 0) is 33.1 Å². The van der Waals surface area contributed by atoms with Crippen LogP contribution in [0.4, 0.5) is 39.3 Å². The summed E-state index contributed by atoms with van der Waals surface area (Å²) in [7, 11) is 0. The van der Waals surface area contributed by atoms with Crippen LogP contribution in [0.1, 0.15) is 90.9 Å². The van der Waals surface area contributed by atoms with Crippen LogP contribution >= 0.6 is 0 Å². The number of nitrogens with one attached hydrogen (secondary N) is 4. The Kier molecular flexibility index (Phi) is 11.1. The van der Waals surface area contributed by atoms with Crippen molar-refractivity contribution in [3.63, 3.8) is 0 Å². The van der Waals surface area contributed by atoms with Crippen molar-refractivity contribution in [3.05, 3.63) is 113 Å². The van der Waals surface area contributed by atoms with E-state index in [2.05, 4.69) is 81.3 Å². The zero-order valence-electron chi connectivity index (χ0n) is 36.6. The number of pyridine rings is 2. The molecule has 0 spiro atoms. The number of anilines is 6. The molecule has 340 valence electrons. The van der Waals surface area contributed by atoms with Gasteiger partial charge >= 0.3 is 0 Å². The van der Waals surface area contributed by atoms with Gasteiger partial charge in [0.15, 0.2) is 28.8 Å². The highest BCUT2D eigenvalue weighted by molar-refractivity contribution is 6.05. The number of fused-ring (bicyclic) bond motifs is 2. The largest absolute Gasteiger partial charge is 0.474 e. The van der Waals surface area contributed by atoms with Gasteiger partial charge < -0.3 is 35.6 Å². The summed E-state index contributed by atoms with van der Waals surface area (Å²) in [5, 5.41) is 22.7. The van der Waals surface area contributed by atoms with E-state index in [1.165, 1.54) is 16.2 Å². The van der Waals surface area contributed by atoms with Crippen LogP contribution in [0.3, 0.4) is 0 Å². The molecule has 4 amide bonds. The number of benzene rings is 2. The molecule has 8 heterocycles. The number of ether oxygens (including phenoxy) is 1. The second-order valence-corrected chi connectivity index (χ2v) is 18.2. The lowest BCUT2D eigenvalue weighted by atomic mass is 9.83. The van der Waals surface area contributed by atoms with Crippen LogP contribution in [0, 0.1) is 5.82 Å². The van der Waals surface area contributed by atoms with E-state index < -0.39 is 29.0 Å². The molecule has 5 N–H and O–H groups in total. The molecule has 18 heteroatoms. The molecule has 0 saturated carbocycles. The van der Waals surface area contributed by atoms with Crippen molar-refractivity contribution in [3.8, 4) is 5.75 Å². The first-order valence-corrected chi connectivity index (χ1v) is 22.4. The maximum atomic E-state index is 14.8. The summed E-state index contributed by atoms with van der Waals surface area (Å²) in [4.78, 5) is 73.3. The molecule has 5 aliphatic rings. The smallest absolute Gasteiger partial charge is 0.269 e. The molecule has 1 unspecified atom stereocenters. The summed E-state index contributed by atoms with van der Waals surface area (Å²) in [5.41, 5.74) is 3.64. The summed E-state index contributed by atoms with van der Waals surface area (Å²) in [6.45, 7) is 7.66. The summed E-state index contributed by atoms with van der Waals surface area (Å²) in [6.07, 6.45) is 6.52. The van der Waals surface area contributed by atoms with Gasteiger partial charge in [0, 0.05) is 63.1 Å². The number of imide groups is 1. The third-order valence-electron chi connectivity index (χ3n) is 13.4. The maximum absolute atomic E-state index is 14.8. The normalized spacial score (nSPS) is 20.5. The van der Waals surface area contributed by atoms with Gasteiger partial charge in [0.2, 0.25) is 17.8 Å². The van der Waals surface area contributed by atoms with Gasteiger partial charge in [-0.25, -0.2) is 19.3 Å². The number of carbonyl (C=O) groups excluding carboxylic acids is 4. The second kappa shape index (κ2) is 17.1. The van der Waals surface area contributed by atoms with Gasteiger partial charge in [-0.05, 0) is 111 Å². The first-order valence-electron chi connectivity index (χ1n) is 22.4. The zero-order chi connectivity index (χ0) is 45.7. The van der Waals surface area contributed by atoms with Crippen molar-refractivity contribution in [1.29, 1.82) is 0 Å². The minimum atomic E-state index is -1.03. The number of aromatic nitrogens is 4. The lowest BCUT2D eigenvalue weighted by Gasteiger charge is -2.39. The summed E-state index contributed by atoms with van der Waals surface area (Å²) >= 11 is 0. The third kappa shape index (κ3) is 8.60. The SMILES string of the molecule is CC1(C)Oc2ccc(Nc3nc(Nc4ccc(C5CCN(c6ccc(CN7CCC(O)(c8ccc9c(c8)CN(C8CCC(=O)NC8=O)C9=O)CC7)cc6)CC5)cn4)ncc3F)nc2NC1=O. The number of amides is 4. The number of rotatable bonds is 10. The topological polar surface area (TPSA) is 207 Å². The fraction of sp³-hybridized carbons (Fsp3) is 0.375. The maximum Gasteiger partial charge on any atom is 0.269 e. The highest BCUT2D eigenvalue weighted by Gasteiger charge is 2.41. The van der Waals surface area contributed by atoms with Gasteiger partial charge in [0.05, 0.1) is 11.8 Å². The first kappa shape index (κ1) is 42.9. The van der Waals surface area contributed by atoms with E-state index in [-0.39, 0.29) is 54.1 Å². The number of aliphatic hydroxyl groups is 1. The molecule has 3 fully saturated rings. The average Bonchev–Trinajstić information content (AvgIpc) is 3.64. The predicted molar refractivity (Wildman–Crippen MR) is 242 cm³/mol. The van der Waals surface area contributed by atoms with Crippen molar-refractivity contribution in [2.75, 3.05) is 47.0 Å². The third-order valence-corrected chi connectivity index (χ3v) is 13.4. The minimum absolute atomic E-state index is 0.101. The zero-order valence-corrected chi connectivity index (χ0v) is 36.6. The lowest BCUT2D eigenvalue weighted by molar-refractivity contribution is -0.137. The monoisotopic (exact) mass is 895 g/mol. The summed E-state index contributed by atoms with van der Waals surface area (Å²) < 4.78 is 20.5. The van der Waals surface area contributed by atoms with Crippen molar-refractivity contribution >= 4 is 58.5 Å². The van der Waals surface area contributed by atoms with Crippen LogP contribution in [0.15, 0.2) is 79.1 Å². The Balaban J connectivity index is 0.684. The summed E-state index contributed by atoms with van der Waals surface area (Å²) in [5.74, 6) is -0.168. The van der Waals surface area contributed by atoms with E-state index in [9.17, 15) is 28.7 Å². The van der Waals surface area contributed by atoms with Crippen molar-refractivity contribution < 1.29 is 33.4 Å². The Bertz CT molecular complexity index is 2720. The number of carbonyl (C=O) groups is 4. The van der Waals surface area contributed by atoms with E-state index in [0.29, 0.717) is 42.3 Å². The molecular formula is C48H50FN11O6. The summed E-state index contributed by atoms with van der Waals surface area (Å²) in [6, 6.07) is 20.8. The van der Waals surface area contributed by atoms with Crippen molar-refractivity contribution in [2.24, 2.45) is 0 Å². The predicted octanol–water partition coefficient (Wildman–Crippen LogP) is 5.63. The second-order valence-electron chi connectivity index (χ2n) is 18.2. The lowest BCUT2D eigenvalue weighted by Crippen LogP contribution is -2.52. The Morgan fingerprint density at radius 3 is 2.36 bits per heavy atom. The number of halogens is 1. The van der Waals surface area contributed by atoms with E-state index in [0.717, 1.165) is 68.5 Å². The fourth-order valence-electron chi connectivity index (χ4n) is 9.51. The quantitative estimate of drug-likeness (QED) is 0.108. The number of likely N-dealkylation sites (tertiary alicyclic amines) is 1. The van der Waals surface area contributed by atoms with Gasteiger partial charge in [-0.15, -0.1) is 0 Å². The Morgan fingerprint density at radius 2 is 1.62 bits per heavy atom. The van der Waals surface area contributed by atoms with Crippen molar-refractivity contribution in [1.82, 2.24) is 35.1 Å². The van der Waals surface area contributed by atoms with E-state index in [4.69, 9.17) is 4.74 Å². The number of hydrogen-bond acceptors (Lipinski definition) is 14. The van der Waals surface area contributed by atoms with Gasteiger partial charge in [-0.1, -0.05) is 30.3 Å². The molecule has 3 aromatic heterocycles.